The van der Waals surface area contributed by atoms with E-state index >= 15 is 0 Å². The molecule has 0 unspecified atom stereocenters. The number of benzene rings is 1. The second-order valence-corrected chi connectivity index (χ2v) is 5.31. The molecule has 1 aliphatic rings. The van der Waals surface area contributed by atoms with Crippen molar-refractivity contribution in [2.45, 2.75) is 31.8 Å². The van der Waals surface area contributed by atoms with Crippen LogP contribution in [0.25, 0.3) is 0 Å². The summed E-state index contributed by atoms with van der Waals surface area (Å²) in [5.41, 5.74) is 11.1. The fraction of sp³-hybridized carbons (Fsp3) is 0.467. The number of amides is 2. The molecule has 0 spiro atoms. The predicted octanol–water partition coefficient (Wildman–Crippen LogP) is 0.785. The SMILES string of the molecule is NC(=O)CN(CC(N)=O)c1ccc(OC2CCCC2)cc1. The quantitative estimate of drug-likeness (QED) is 0.775. The molecule has 2 amide bonds. The zero-order chi connectivity index (χ0) is 15.2. The maximum atomic E-state index is 11.1. The van der Waals surface area contributed by atoms with Gasteiger partial charge in [0.05, 0.1) is 19.2 Å². The first-order valence-corrected chi connectivity index (χ1v) is 7.13. The molecule has 1 fully saturated rings. The smallest absolute Gasteiger partial charge is 0.236 e. The molecule has 0 saturated heterocycles. The van der Waals surface area contributed by atoms with Gasteiger partial charge in [-0.15, -0.1) is 0 Å². The minimum Gasteiger partial charge on any atom is -0.490 e. The third kappa shape index (κ3) is 4.66. The Kier molecular flexibility index (Phi) is 5.03. The van der Waals surface area contributed by atoms with Gasteiger partial charge in [0.2, 0.25) is 11.8 Å². The lowest BCUT2D eigenvalue weighted by Crippen LogP contribution is -2.39. The van der Waals surface area contributed by atoms with Crippen molar-refractivity contribution in [1.29, 1.82) is 0 Å². The van der Waals surface area contributed by atoms with Crippen molar-refractivity contribution < 1.29 is 14.3 Å². The lowest BCUT2D eigenvalue weighted by Gasteiger charge is -2.22. The molecule has 6 heteroatoms. The normalized spacial score (nSPS) is 14.9. The van der Waals surface area contributed by atoms with Crippen LogP contribution in [0.1, 0.15) is 25.7 Å². The van der Waals surface area contributed by atoms with E-state index in [4.69, 9.17) is 16.2 Å². The molecule has 4 N–H and O–H groups in total. The molecule has 1 saturated carbocycles. The van der Waals surface area contributed by atoms with Gasteiger partial charge in [-0.25, -0.2) is 0 Å². The summed E-state index contributed by atoms with van der Waals surface area (Å²) >= 11 is 0. The highest BCUT2D eigenvalue weighted by molar-refractivity contribution is 5.84. The van der Waals surface area contributed by atoms with Gasteiger partial charge in [0.15, 0.2) is 0 Å². The third-order valence-corrected chi connectivity index (χ3v) is 3.50. The standard InChI is InChI=1S/C15H21N3O3/c16-14(19)9-18(10-15(17)20)11-5-7-13(8-6-11)21-12-3-1-2-4-12/h5-8,12H,1-4,9-10H2,(H2,16,19)(H2,17,20). The fourth-order valence-electron chi connectivity index (χ4n) is 2.55. The minimum atomic E-state index is -0.512. The molecule has 114 valence electrons. The van der Waals surface area contributed by atoms with E-state index in [-0.39, 0.29) is 13.1 Å². The van der Waals surface area contributed by atoms with Gasteiger partial charge in [-0.05, 0) is 49.9 Å². The Morgan fingerprint density at radius 1 is 1.05 bits per heavy atom. The summed E-state index contributed by atoms with van der Waals surface area (Å²) in [7, 11) is 0. The average molecular weight is 291 g/mol. The Bertz CT molecular complexity index is 479. The number of anilines is 1. The van der Waals surface area contributed by atoms with Crippen LogP contribution in [0.15, 0.2) is 24.3 Å². The van der Waals surface area contributed by atoms with Crippen molar-refractivity contribution in [3.63, 3.8) is 0 Å². The molecule has 0 aromatic heterocycles. The monoisotopic (exact) mass is 291 g/mol. The molecule has 0 bridgehead atoms. The number of nitrogens with zero attached hydrogens (tertiary/aromatic N) is 1. The van der Waals surface area contributed by atoms with Gasteiger partial charge in [-0.1, -0.05) is 0 Å². The van der Waals surface area contributed by atoms with E-state index in [1.54, 1.807) is 17.0 Å². The van der Waals surface area contributed by atoms with E-state index in [1.807, 2.05) is 12.1 Å². The van der Waals surface area contributed by atoms with E-state index in [9.17, 15) is 9.59 Å². The van der Waals surface area contributed by atoms with Gasteiger partial charge < -0.3 is 21.1 Å². The van der Waals surface area contributed by atoms with Crippen LogP contribution in [0.5, 0.6) is 5.75 Å². The number of hydrogen-bond acceptors (Lipinski definition) is 4. The maximum Gasteiger partial charge on any atom is 0.236 e. The van der Waals surface area contributed by atoms with Crippen LogP contribution < -0.4 is 21.1 Å². The van der Waals surface area contributed by atoms with Crippen molar-refractivity contribution in [3.05, 3.63) is 24.3 Å². The number of carbonyl (C=O) groups excluding carboxylic acids is 2. The number of hydrogen-bond donors (Lipinski definition) is 2. The third-order valence-electron chi connectivity index (χ3n) is 3.50. The molecule has 1 aliphatic carbocycles. The molecule has 6 nitrogen and oxygen atoms in total. The van der Waals surface area contributed by atoms with Crippen LogP contribution >= 0.6 is 0 Å². The largest absolute Gasteiger partial charge is 0.490 e. The summed E-state index contributed by atoms with van der Waals surface area (Å²) in [6, 6.07) is 7.28. The maximum absolute atomic E-state index is 11.1. The highest BCUT2D eigenvalue weighted by Crippen LogP contribution is 2.25. The van der Waals surface area contributed by atoms with E-state index in [0.717, 1.165) is 18.6 Å². The summed E-state index contributed by atoms with van der Waals surface area (Å²) in [5.74, 6) is -0.228. The van der Waals surface area contributed by atoms with E-state index in [0.29, 0.717) is 11.8 Å². The Labute approximate surface area is 124 Å². The van der Waals surface area contributed by atoms with Crippen LogP contribution in [-0.2, 0) is 9.59 Å². The fourth-order valence-corrected chi connectivity index (χ4v) is 2.55. The topological polar surface area (TPSA) is 98.7 Å². The Morgan fingerprint density at radius 3 is 2.05 bits per heavy atom. The zero-order valence-electron chi connectivity index (χ0n) is 12.0. The van der Waals surface area contributed by atoms with Crippen molar-refractivity contribution in [2.24, 2.45) is 11.5 Å². The number of rotatable bonds is 7. The van der Waals surface area contributed by atoms with Gasteiger partial charge in [0.25, 0.3) is 0 Å². The van der Waals surface area contributed by atoms with Crippen molar-refractivity contribution in [1.82, 2.24) is 0 Å². The molecule has 0 atom stereocenters. The summed E-state index contributed by atoms with van der Waals surface area (Å²) in [5, 5.41) is 0. The van der Waals surface area contributed by atoms with E-state index < -0.39 is 11.8 Å². The Morgan fingerprint density at radius 2 is 1.57 bits per heavy atom. The van der Waals surface area contributed by atoms with Gasteiger partial charge in [-0.2, -0.15) is 0 Å². The highest BCUT2D eigenvalue weighted by Gasteiger charge is 2.17. The van der Waals surface area contributed by atoms with E-state index in [1.165, 1.54) is 12.8 Å². The predicted molar refractivity (Wildman–Crippen MR) is 79.9 cm³/mol. The van der Waals surface area contributed by atoms with Gasteiger partial charge in [0, 0.05) is 5.69 Å². The number of ether oxygens (including phenoxy) is 1. The second kappa shape index (κ2) is 6.97. The van der Waals surface area contributed by atoms with E-state index in [2.05, 4.69) is 0 Å². The van der Waals surface area contributed by atoms with Crippen LogP contribution in [-0.4, -0.2) is 31.0 Å². The van der Waals surface area contributed by atoms with Gasteiger partial charge in [-0.3, -0.25) is 9.59 Å². The van der Waals surface area contributed by atoms with Crippen molar-refractivity contribution >= 4 is 17.5 Å². The summed E-state index contributed by atoms with van der Waals surface area (Å²) in [6.07, 6.45) is 4.92. The molecular formula is C15H21N3O3. The molecular weight excluding hydrogens is 270 g/mol. The van der Waals surface area contributed by atoms with Crippen molar-refractivity contribution in [2.75, 3.05) is 18.0 Å². The first-order valence-electron chi connectivity index (χ1n) is 7.13. The molecule has 0 radical (unpaired) electrons. The average Bonchev–Trinajstić information content (AvgIpc) is 2.90. The molecule has 21 heavy (non-hydrogen) atoms. The lowest BCUT2D eigenvalue weighted by molar-refractivity contribution is -0.117. The molecule has 2 rings (SSSR count). The van der Waals surface area contributed by atoms with Gasteiger partial charge >= 0.3 is 0 Å². The number of carbonyl (C=O) groups is 2. The lowest BCUT2D eigenvalue weighted by atomic mass is 10.2. The first-order chi connectivity index (χ1) is 10.0. The Balaban J connectivity index is 2.03. The number of nitrogens with two attached hydrogens (primary N) is 2. The first kappa shape index (κ1) is 15.2. The summed E-state index contributed by atoms with van der Waals surface area (Å²) in [4.78, 5) is 23.7. The minimum absolute atomic E-state index is 0.0498. The number of primary amides is 2. The van der Waals surface area contributed by atoms with Crippen LogP contribution in [0.4, 0.5) is 5.69 Å². The van der Waals surface area contributed by atoms with Gasteiger partial charge in [0.1, 0.15) is 5.75 Å². The highest BCUT2D eigenvalue weighted by atomic mass is 16.5. The van der Waals surface area contributed by atoms with Crippen molar-refractivity contribution in [3.8, 4) is 5.75 Å². The summed E-state index contributed by atoms with van der Waals surface area (Å²) < 4.78 is 5.87. The molecule has 0 heterocycles. The van der Waals surface area contributed by atoms with Crippen LogP contribution in [0.3, 0.4) is 0 Å². The molecule has 0 aliphatic heterocycles. The zero-order valence-corrected chi connectivity index (χ0v) is 12.0. The Hall–Kier alpha value is -2.24. The van der Waals surface area contributed by atoms with Crippen LogP contribution in [0.2, 0.25) is 0 Å². The second-order valence-electron chi connectivity index (χ2n) is 5.31. The summed E-state index contributed by atoms with van der Waals surface area (Å²) in [6.45, 7) is -0.0997. The van der Waals surface area contributed by atoms with Crippen LogP contribution in [0, 0.1) is 0 Å². The molecule has 1 aromatic carbocycles. The molecule has 1 aromatic rings.